The van der Waals surface area contributed by atoms with Gasteiger partial charge in [-0.3, -0.25) is 9.88 Å². The number of hydrogen-bond acceptors (Lipinski definition) is 3. The maximum absolute atomic E-state index is 13.9. The van der Waals surface area contributed by atoms with Gasteiger partial charge in [0.1, 0.15) is 0 Å². The smallest absolute Gasteiger partial charge is 0.248 e. The molecule has 0 saturated carbocycles. The molecule has 0 saturated heterocycles. The molecule has 0 spiro atoms. The summed E-state index contributed by atoms with van der Waals surface area (Å²) >= 11 is 0. The van der Waals surface area contributed by atoms with Gasteiger partial charge in [0, 0.05) is 11.3 Å². The molecule has 4 heteroatoms. The summed E-state index contributed by atoms with van der Waals surface area (Å²) in [7, 11) is -3.02. The van der Waals surface area contributed by atoms with E-state index in [0.717, 1.165) is 11.7 Å². The summed E-state index contributed by atoms with van der Waals surface area (Å²) < 4.78 is 19.8. The highest BCUT2D eigenvalue weighted by Crippen LogP contribution is 2.52. The van der Waals surface area contributed by atoms with Crippen LogP contribution in [0.1, 0.15) is 45.7 Å². The van der Waals surface area contributed by atoms with Gasteiger partial charge in [0.2, 0.25) is 7.37 Å². The maximum Gasteiger partial charge on any atom is 0.248 e. The van der Waals surface area contributed by atoms with Crippen LogP contribution in [-0.4, -0.2) is 12.4 Å². The first kappa shape index (κ1) is 19.9. The molecule has 0 aromatic heterocycles. The topological polar surface area (TPSA) is 38.3 Å². The Morgan fingerprint density at radius 3 is 2.04 bits per heavy atom. The zero-order chi connectivity index (χ0) is 18.3. The van der Waals surface area contributed by atoms with Gasteiger partial charge in [0.05, 0.1) is 12.4 Å². The molecule has 136 valence electrons. The number of rotatable bonds is 9. The van der Waals surface area contributed by atoms with Crippen molar-refractivity contribution < 1.29 is 9.09 Å². The molecule has 2 aromatic carbocycles. The second-order valence-electron chi connectivity index (χ2n) is 6.79. The first-order valence-corrected chi connectivity index (χ1v) is 10.8. The van der Waals surface area contributed by atoms with Crippen molar-refractivity contribution in [3.8, 4) is 0 Å². The lowest BCUT2D eigenvalue weighted by molar-refractivity contribution is 0.315. The van der Waals surface area contributed by atoms with Gasteiger partial charge >= 0.3 is 0 Å². The van der Waals surface area contributed by atoms with Crippen LogP contribution in [0.25, 0.3) is 0 Å². The van der Waals surface area contributed by atoms with E-state index >= 15 is 0 Å². The summed E-state index contributed by atoms with van der Waals surface area (Å²) in [4.78, 5) is 0. The van der Waals surface area contributed by atoms with E-state index in [9.17, 15) is 4.57 Å². The van der Waals surface area contributed by atoms with E-state index in [1.807, 2.05) is 55.5 Å². The van der Waals surface area contributed by atoms with Crippen LogP contribution in [0.4, 0.5) is 0 Å². The minimum Gasteiger partial charge on any atom is -0.325 e. The van der Waals surface area contributed by atoms with E-state index in [2.05, 4.69) is 38.2 Å². The van der Waals surface area contributed by atoms with Crippen molar-refractivity contribution in [2.45, 2.75) is 45.9 Å². The van der Waals surface area contributed by atoms with Crippen LogP contribution in [0.15, 0.2) is 60.7 Å². The lowest BCUT2D eigenvalue weighted by Gasteiger charge is -2.32. The second-order valence-corrected chi connectivity index (χ2v) is 9.39. The van der Waals surface area contributed by atoms with Gasteiger partial charge in [-0.15, -0.1) is 0 Å². The van der Waals surface area contributed by atoms with Crippen LogP contribution in [-0.2, 0) is 9.09 Å². The number of hydrogen-bond donors (Lipinski definition) is 1. The maximum atomic E-state index is 13.9. The van der Waals surface area contributed by atoms with Gasteiger partial charge in [-0.05, 0) is 43.9 Å². The van der Waals surface area contributed by atoms with Crippen molar-refractivity contribution in [1.29, 1.82) is 0 Å². The molecule has 0 bridgehead atoms. The summed E-state index contributed by atoms with van der Waals surface area (Å²) in [6.07, 6.45) is 0.795. The third-order valence-corrected chi connectivity index (χ3v) is 7.12. The minimum atomic E-state index is -3.02. The van der Waals surface area contributed by atoms with Crippen molar-refractivity contribution in [3.63, 3.8) is 0 Å². The van der Waals surface area contributed by atoms with Crippen molar-refractivity contribution in [2.75, 3.05) is 6.61 Å². The minimum absolute atomic E-state index is 0.0995. The van der Waals surface area contributed by atoms with E-state index in [4.69, 9.17) is 4.52 Å². The lowest BCUT2D eigenvalue weighted by Crippen LogP contribution is -2.36. The van der Waals surface area contributed by atoms with Crippen LogP contribution >= 0.6 is 7.37 Å². The molecule has 0 aliphatic heterocycles. The first-order valence-electron chi connectivity index (χ1n) is 9.08. The molecule has 2 rings (SSSR count). The van der Waals surface area contributed by atoms with Gasteiger partial charge in [-0.1, -0.05) is 62.4 Å². The Bertz CT molecular complexity index is 673. The summed E-state index contributed by atoms with van der Waals surface area (Å²) in [5, 5.41) is 4.39. The molecule has 3 atom stereocenters. The molecular weight excluding hydrogens is 329 g/mol. The standard InChI is InChI=1S/C21H30NO2P/c1-5-24-25(23,20-14-10-7-11-15-20)21(16-17(2)3)22-18(4)19-12-8-6-9-13-19/h6-15,17-18,21-22H,5,16H2,1-4H3/t18-,21?,25?/m0/s1. The molecule has 25 heavy (non-hydrogen) atoms. The van der Waals surface area contributed by atoms with E-state index < -0.39 is 7.37 Å². The Labute approximate surface area is 152 Å². The Kier molecular flexibility index (Phi) is 7.43. The summed E-state index contributed by atoms with van der Waals surface area (Å²) in [6, 6.07) is 20.0. The highest BCUT2D eigenvalue weighted by atomic mass is 31.2. The van der Waals surface area contributed by atoms with Crippen molar-refractivity contribution in [1.82, 2.24) is 5.32 Å². The zero-order valence-corrected chi connectivity index (χ0v) is 16.6. The summed E-state index contributed by atoms with van der Waals surface area (Å²) in [5.74, 6) is 0.197. The van der Waals surface area contributed by atoms with Crippen LogP contribution in [0.2, 0.25) is 0 Å². The average molecular weight is 359 g/mol. The predicted octanol–water partition coefficient (Wildman–Crippen LogP) is 5.35. The molecule has 3 nitrogen and oxygen atoms in total. The fourth-order valence-electron chi connectivity index (χ4n) is 3.05. The van der Waals surface area contributed by atoms with Crippen LogP contribution in [0, 0.1) is 5.92 Å². The van der Waals surface area contributed by atoms with E-state index in [-0.39, 0.29) is 11.8 Å². The Balaban J connectivity index is 2.34. The lowest BCUT2D eigenvalue weighted by atomic mass is 10.1. The zero-order valence-electron chi connectivity index (χ0n) is 15.7. The molecule has 0 aliphatic carbocycles. The molecule has 2 aromatic rings. The summed E-state index contributed by atoms with van der Waals surface area (Å²) in [5.41, 5.74) is 1.19. The quantitative estimate of drug-likeness (QED) is 0.613. The van der Waals surface area contributed by atoms with Crippen LogP contribution in [0.3, 0.4) is 0 Å². The molecular formula is C21H30NO2P. The number of benzene rings is 2. The van der Waals surface area contributed by atoms with Gasteiger partial charge in [0.25, 0.3) is 0 Å². The highest BCUT2D eigenvalue weighted by Gasteiger charge is 2.37. The molecule has 0 amide bonds. The monoisotopic (exact) mass is 359 g/mol. The molecule has 0 heterocycles. The van der Waals surface area contributed by atoms with Crippen molar-refractivity contribution in [2.24, 2.45) is 5.92 Å². The van der Waals surface area contributed by atoms with Gasteiger partial charge in [0.15, 0.2) is 0 Å². The molecule has 1 N–H and O–H groups in total. The normalized spacial score (nSPS) is 16.4. The van der Waals surface area contributed by atoms with Crippen molar-refractivity contribution in [3.05, 3.63) is 66.2 Å². The van der Waals surface area contributed by atoms with Crippen molar-refractivity contribution >= 4 is 12.7 Å². The molecule has 0 fully saturated rings. The third kappa shape index (κ3) is 5.28. The van der Waals surface area contributed by atoms with E-state index in [1.165, 1.54) is 5.56 Å². The fourth-order valence-corrected chi connectivity index (χ4v) is 5.83. The molecule has 0 aliphatic rings. The Morgan fingerprint density at radius 2 is 1.52 bits per heavy atom. The van der Waals surface area contributed by atoms with Gasteiger partial charge in [-0.25, -0.2) is 0 Å². The Hall–Kier alpha value is -1.41. The van der Waals surface area contributed by atoms with E-state index in [1.54, 1.807) is 0 Å². The fraction of sp³-hybridized carbons (Fsp3) is 0.429. The third-order valence-electron chi connectivity index (χ3n) is 4.28. The SMILES string of the molecule is CCOP(=O)(c1ccccc1)C(CC(C)C)N[C@@H](C)c1ccccc1. The highest BCUT2D eigenvalue weighted by molar-refractivity contribution is 7.67. The largest absolute Gasteiger partial charge is 0.325 e. The van der Waals surface area contributed by atoms with Gasteiger partial charge < -0.3 is 4.52 Å². The van der Waals surface area contributed by atoms with Crippen LogP contribution < -0.4 is 10.6 Å². The number of nitrogens with one attached hydrogen (secondary N) is 1. The first-order chi connectivity index (χ1) is 12.0. The van der Waals surface area contributed by atoms with Gasteiger partial charge in [-0.2, -0.15) is 0 Å². The van der Waals surface area contributed by atoms with E-state index in [0.29, 0.717) is 12.5 Å². The molecule has 2 unspecified atom stereocenters. The molecule has 0 radical (unpaired) electrons. The average Bonchev–Trinajstić information content (AvgIpc) is 2.62. The summed E-state index contributed by atoms with van der Waals surface area (Å²) in [6.45, 7) is 8.76. The predicted molar refractivity (Wildman–Crippen MR) is 107 cm³/mol. The van der Waals surface area contributed by atoms with Crippen LogP contribution in [0.5, 0.6) is 0 Å². The second kappa shape index (κ2) is 9.33. The Morgan fingerprint density at radius 1 is 0.960 bits per heavy atom.